The zero-order chi connectivity index (χ0) is 17.5. The van der Waals surface area contributed by atoms with Crippen LogP contribution in [0.3, 0.4) is 0 Å². The van der Waals surface area contributed by atoms with Crippen molar-refractivity contribution in [1.29, 1.82) is 0 Å². The molecule has 0 bridgehead atoms. The summed E-state index contributed by atoms with van der Waals surface area (Å²) < 4.78 is 38.2. The maximum atomic E-state index is 12.7. The highest BCUT2D eigenvalue weighted by Gasteiger charge is 2.31. The number of alkyl halides is 3. The fourth-order valence-electron chi connectivity index (χ4n) is 1.89. The van der Waals surface area contributed by atoms with Crippen molar-refractivity contribution >= 4 is 40.3 Å². The van der Waals surface area contributed by atoms with E-state index in [0.717, 1.165) is 43.5 Å². The van der Waals surface area contributed by atoms with E-state index in [1.54, 1.807) is 0 Å². The van der Waals surface area contributed by atoms with Gasteiger partial charge in [-0.25, -0.2) is 0 Å². The summed E-state index contributed by atoms with van der Waals surface area (Å²) in [6.45, 7) is 4.09. The fraction of sp³-hybridized carbons (Fsp3) is 0.467. The highest BCUT2D eigenvalue weighted by atomic mass is 35.5. The average Bonchev–Trinajstić information content (AvgIpc) is 2.46. The Hall–Kier alpha value is -1.34. The standard InChI is InChI=1S/C15H19ClF3N3S/c1-3-5-11(6-4-2)21-22-14(23)20-13-9-10(15(17,18)19)7-8-12(13)16/h7-9H,3-6H2,1-2H3,(H2,20,22,23). The van der Waals surface area contributed by atoms with Gasteiger partial charge in [0.05, 0.1) is 16.3 Å². The van der Waals surface area contributed by atoms with Gasteiger partial charge in [-0.1, -0.05) is 38.3 Å². The highest BCUT2D eigenvalue weighted by Crippen LogP contribution is 2.33. The van der Waals surface area contributed by atoms with Gasteiger partial charge in [-0.05, 0) is 43.3 Å². The number of hydrogen-bond donors (Lipinski definition) is 2. The molecule has 3 nitrogen and oxygen atoms in total. The number of rotatable bonds is 6. The second-order valence-corrected chi connectivity index (χ2v) is 5.75. The molecule has 0 aliphatic carbocycles. The minimum absolute atomic E-state index is 0.0849. The van der Waals surface area contributed by atoms with Crippen LogP contribution in [-0.4, -0.2) is 10.8 Å². The molecule has 2 N–H and O–H groups in total. The molecule has 1 rings (SSSR count). The molecule has 0 aliphatic rings. The van der Waals surface area contributed by atoms with Gasteiger partial charge in [-0.2, -0.15) is 18.3 Å². The van der Waals surface area contributed by atoms with Crippen molar-refractivity contribution in [3.8, 4) is 0 Å². The zero-order valence-electron chi connectivity index (χ0n) is 12.9. The predicted molar refractivity (Wildman–Crippen MR) is 93.1 cm³/mol. The van der Waals surface area contributed by atoms with Gasteiger partial charge < -0.3 is 5.32 Å². The first kappa shape index (κ1) is 19.7. The lowest BCUT2D eigenvalue weighted by Gasteiger charge is -2.13. The molecule has 0 saturated carbocycles. The molecule has 1 aromatic rings. The molecule has 0 aromatic heterocycles. The Morgan fingerprint density at radius 2 is 1.83 bits per heavy atom. The monoisotopic (exact) mass is 365 g/mol. The van der Waals surface area contributed by atoms with E-state index in [1.807, 2.05) is 13.8 Å². The quantitative estimate of drug-likeness (QED) is 0.391. The van der Waals surface area contributed by atoms with Crippen LogP contribution in [0.15, 0.2) is 23.3 Å². The lowest BCUT2D eigenvalue weighted by molar-refractivity contribution is -0.137. The topological polar surface area (TPSA) is 36.4 Å². The van der Waals surface area contributed by atoms with Gasteiger partial charge >= 0.3 is 6.18 Å². The zero-order valence-corrected chi connectivity index (χ0v) is 14.5. The molecule has 128 valence electrons. The largest absolute Gasteiger partial charge is 0.416 e. The van der Waals surface area contributed by atoms with Crippen molar-refractivity contribution in [3.05, 3.63) is 28.8 Å². The molecule has 23 heavy (non-hydrogen) atoms. The molecule has 0 saturated heterocycles. The summed E-state index contributed by atoms with van der Waals surface area (Å²) in [5, 5.41) is 7.08. The van der Waals surface area contributed by atoms with Crippen LogP contribution in [0.2, 0.25) is 5.02 Å². The van der Waals surface area contributed by atoms with Crippen molar-refractivity contribution in [3.63, 3.8) is 0 Å². The third-order valence-corrected chi connectivity index (χ3v) is 3.46. The molecule has 0 amide bonds. The van der Waals surface area contributed by atoms with E-state index in [0.29, 0.717) is 0 Å². The summed E-state index contributed by atoms with van der Waals surface area (Å²) in [5.74, 6) is 0. The van der Waals surface area contributed by atoms with E-state index in [2.05, 4.69) is 15.8 Å². The Morgan fingerprint density at radius 1 is 1.22 bits per heavy atom. The molecular formula is C15H19ClF3N3S. The minimum atomic E-state index is -4.44. The number of thiocarbonyl (C=S) groups is 1. The van der Waals surface area contributed by atoms with Crippen molar-refractivity contribution in [1.82, 2.24) is 5.43 Å². The summed E-state index contributed by atoms with van der Waals surface area (Å²) in [6.07, 6.45) is -0.842. The molecule has 0 radical (unpaired) electrons. The van der Waals surface area contributed by atoms with Crippen LogP contribution in [-0.2, 0) is 6.18 Å². The molecule has 0 fully saturated rings. The molecule has 1 aromatic carbocycles. The smallest absolute Gasteiger partial charge is 0.330 e. The van der Waals surface area contributed by atoms with Gasteiger partial charge in [-0.15, -0.1) is 0 Å². The third-order valence-electron chi connectivity index (χ3n) is 2.93. The first-order valence-corrected chi connectivity index (χ1v) is 8.05. The number of hydrogen-bond acceptors (Lipinski definition) is 2. The maximum Gasteiger partial charge on any atom is 0.416 e. The fourth-order valence-corrected chi connectivity index (χ4v) is 2.21. The van der Waals surface area contributed by atoms with Gasteiger partial charge in [0.1, 0.15) is 0 Å². The van der Waals surface area contributed by atoms with Crippen LogP contribution in [0.4, 0.5) is 18.9 Å². The molecule has 0 unspecified atom stereocenters. The molecular weight excluding hydrogens is 347 g/mol. The summed E-state index contributed by atoms with van der Waals surface area (Å²) in [5.41, 5.74) is 2.91. The van der Waals surface area contributed by atoms with Crippen LogP contribution in [0.5, 0.6) is 0 Å². The second-order valence-electron chi connectivity index (χ2n) is 4.94. The van der Waals surface area contributed by atoms with Gasteiger partial charge in [0.2, 0.25) is 0 Å². The Labute approximate surface area is 144 Å². The lowest BCUT2D eigenvalue weighted by atomic mass is 10.1. The number of nitrogens with one attached hydrogen (secondary N) is 2. The summed E-state index contributed by atoms with van der Waals surface area (Å²) >= 11 is 10.9. The maximum absolute atomic E-state index is 12.7. The van der Waals surface area contributed by atoms with Crippen molar-refractivity contribution in [2.45, 2.75) is 45.7 Å². The number of nitrogens with zero attached hydrogens (tertiary/aromatic N) is 1. The molecule has 0 heterocycles. The number of halogens is 4. The second kappa shape index (κ2) is 9.08. The Balaban J connectivity index is 2.79. The van der Waals surface area contributed by atoms with Crippen LogP contribution in [0.25, 0.3) is 0 Å². The summed E-state index contributed by atoms with van der Waals surface area (Å²) in [7, 11) is 0. The van der Waals surface area contributed by atoms with Gasteiger partial charge in [0, 0.05) is 5.71 Å². The Kier molecular flexibility index (Phi) is 7.78. The van der Waals surface area contributed by atoms with Crippen LogP contribution < -0.4 is 10.7 Å². The third kappa shape index (κ3) is 6.74. The Bertz CT molecular complexity index is 566. The highest BCUT2D eigenvalue weighted by molar-refractivity contribution is 7.80. The van der Waals surface area contributed by atoms with E-state index in [-0.39, 0.29) is 15.8 Å². The van der Waals surface area contributed by atoms with E-state index < -0.39 is 11.7 Å². The first-order valence-electron chi connectivity index (χ1n) is 7.27. The molecule has 8 heteroatoms. The minimum Gasteiger partial charge on any atom is -0.330 e. The lowest BCUT2D eigenvalue weighted by Crippen LogP contribution is -2.25. The van der Waals surface area contributed by atoms with Gasteiger partial charge in [0.15, 0.2) is 5.11 Å². The van der Waals surface area contributed by atoms with Crippen LogP contribution in [0.1, 0.15) is 45.1 Å². The number of hydrazone groups is 1. The number of anilines is 1. The van der Waals surface area contributed by atoms with Crippen molar-refractivity contribution < 1.29 is 13.2 Å². The Morgan fingerprint density at radius 3 is 2.35 bits per heavy atom. The SMILES string of the molecule is CCCC(CCC)=NNC(=S)Nc1cc(C(F)(F)F)ccc1Cl. The molecule has 0 aliphatic heterocycles. The predicted octanol–water partition coefficient (Wildman–Crippen LogP) is 5.60. The van der Waals surface area contributed by atoms with E-state index in [4.69, 9.17) is 23.8 Å². The van der Waals surface area contributed by atoms with Gasteiger partial charge in [0.25, 0.3) is 0 Å². The molecule has 0 atom stereocenters. The van der Waals surface area contributed by atoms with E-state index in [1.165, 1.54) is 6.07 Å². The number of benzene rings is 1. The van der Waals surface area contributed by atoms with Crippen LogP contribution in [0, 0.1) is 0 Å². The average molecular weight is 366 g/mol. The summed E-state index contributed by atoms with van der Waals surface area (Å²) in [6, 6.07) is 3.01. The van der Waals surface area contributed by atoms with E-state index in [9.17, 15) is 13.2 Å². The normalized spacial score (nSPS) is 11.0. The summed E-state index contributed by atoms with van der Waals surface area (Å²) in [4.78, 5) is 0. The van der Waals surface area contributed by atoms with Gasteiger partial charge in [-0.3, -0.25) is 5.43 Å². The van der Waals surface area contributed by atoms with Crippen LogP contribution >= 0.6 is 23.8 Å². The van der Waals surface area contributed by atoms with Crippen molar-refractivity contribution in [2.24, 2.45) is 5.10 Å². The van der Waals surface area contributed by atoms with Crippen molar-refractivity contribution in [2.75, 3.05) is 5.32 Å². The first-order chi connectivity index (χ1) is 10.8. The molecule has 0 spiro atoms. The van der Waals surface area contributed by atoms with E-state index >= 15 is 0 Å².